The zero-order chi connectivity index (χ0) is 27.7. The summed E-state index contributed by atoms with van der Waals surface area (Å²) in [5.41, 5.74) is -2.03. The van der Waals surface area contributed by atoms with Gasteiger partial charge >= 0.3 is 11.9 Å². The summed E-state index contributed by atoms with van der Waals surface area (Å²) >= 11 is 16.1. The fourth-order valence-corrected chi connectivity index (χ4v) is 10.0. The number of allylic oxidation sites excluding steroid dienone is 4. The van der Waals surface area contributed by atoms with Crippen molar-refractivity contribution in [3.63, 3.8) is 0 Å². The Balaban J connectivity index is 1.61. The predicted molar refractivity (Wildman–Crippen MR) is 145 cm³/mol. The van der Waals surface area contributed by atoms with Crippen LogP contribution in [0.25, 0.3) is 0 Å². The van der Waals surface area contributed by atoms with Gasteiger partial charge in [0.05, 0.1) is 10.3 Å². The number of carbonyl (C=O) groups excluding carboxylic acids is 4. The van der Waals surface area contributed by atoms with Crippen LogP contribution in [0, 0.1) is 28.6 Å². The molecule has 3 saturated carbocycles. The van der Waals surface area contributed by atoms with Crippen molar-refractivity contribution in [2.24, 2.45) is 28.6 Å². The topological polar surface area (TPSA) is 86.7 Å². The zero-order valence-corrected chi connectivity index (χ0v) is 24.3. The van der Waals surface area contributed by atoms with Crippen molar-refractivity contribution in [3.05, 3.63) is 46.2 Å². The maximum absolute atomic E-state index is 14.0. The molecular weight excluding hydrogens is 547 g/mol. The smallest absolute Gasteiger partial charge is 0.349 e. The van der Waals surface area contributed by atoms with Crippen LogP contribution in [0.1, 0.15) is 63.0 Å². The highest BCUT2D eigenvalue weighted by Crippen LogP contribution is 2.73. The highest BCUT2D eigenvalue weighted by atomic mass is 35.5. The summed E-state index contributed by atoms with van der Waals surface area (Å²) in [6.45, 7) is 6.71. The summed E-state index contributed by atoms with van der Waals surface area (Å²) in [6, 6.07) is 3.42. The molecule has 1 aromatic rings. The van der Waals surface area contributed by atoms with E-state index in [9.17, 15) is 19.2 Å². The number of Topliss-reactive ketones (excluding diaryl/α,β-unsaturated/α-hetero) is 1. The monoisotopic (exact) mass is 578 g/mol. The second-order valence-corrected chi connectivity index (χ2v) is 13.8. The Bertz CT molecular complexity index is 1260. The molecular formula is C29H32Cl2O6S. The van der Waals surface area contributed by atoms with Crippen molar-refractivity contribution in [1.82, 2.24) is 0 Å². The van der Waals surface area contributed by atoms with Gasteiger partial charge in [-0.2, -0.15) is 0 Å². The van der Waals surface area contributed by atoms with Gasteiger partial charge in [-0.05, 0) is 61.1 Å². The second-order valence-electron chi connectivity index (χ2n) is 11.7. The molecule has 0 aromatic carbocycles. The Morgan fingerprint density at radius 3 is 2.61 bits per heavy atom. The van der Waals surface area contributed by atoms with Gasteiger partial charge in [0.25, 0.3) is 0 Å². The molecule has 6 nitrogen and oxygen atoms in total. The van der Waals surface area contributed by atoms with Gasteiger partial charge in [-0.1, -0.05) is 38.5 Å². The van der Waals surface area contributed by atoms with Crippen molar-refractivity contribution in [1.29, 1.82) is 0 Å². The lowest BCUT2D eigenvalue weighted by Gasteiger charge is -2.64. The van der Waals surface area contributed by atoms with E-state index in [0.717, 1.165) is 5.57 Å². The minimum Gasteiger partial charge on any atom is -0.458 e. The molecule has 8 atom stereocenters. The lowest BCUT2D eigenvalue weighted by molar-refractivity contribution is -0.173. The number of thiophene rings is 1. The number of esters is 2. The number of rotatable bonds is 5. The van der Waals surface area contributed by atoms with Crippen LogP contribution in [0.4, 0.5) is 0 Å². The SMILES string of the molecule is CC(=O)OCC(=O)[C@@]1(OC(=O)c2cccs2)C(C)CC2C3CCC4=CC(=O)C=CC4(C)[C@@]3(Cl)C(Cl)CC21C. The Labute approximate surface area is 236 Å². The molecule has 38 heavy (non-hydrogen) atoms. The number of ketones is 2. The molecule has 0 spiro atoms. The fraction of sp³-hybridized carbons (Fsp3) is 0.586. The number of carbonyl (C=O) groups is 4. The normalized spacial score (nSPS) is 41.4. The molecule has 0 aliphatic heterocycles. The van der Waals surface area contributed by atoms with E-state index >= 15 is 0 Å². The Kier molecular flexibility index (Phi) is 6.76. The van der Waals surface area contributed by atoms with Crippen LogP contribution >= 0.6 is 34.5 Å². The fourth-order valence-electron chi connectivity index (χ4n) is 8.20. The molecule has 6 unspecified atom stereocenters. The van der Waals surface area contributed by atoms with E-state index in [1.54, 1.807) is 29.7 Å². The molecule has 0 amide bonds. The van der Waals surface area contributed by atoms with Gasteiger partial charge in [0, 0.05) is 23.7 Å². The van der Waals surface area contributed by atoms with Crippen LogP contribution < -0.4 is 0 Å². The molecule has 0 saturated heterocycles. The first-order valence-corrected chi connectivity index (χ1v) is 14.7. The van der Waals surface area contributed by atoms with Crippen molar-refractivity contribution in [2.75, 3.05) is 6.61 Å². The maximum atomic E-state index is 14.0. The number of ether oxygens (including phenoxy) is 2. The lowest BCUT2D eigenvalue weighted by atomic mass is 9.46. The Morgan fingerprint density at radius 2 is 1.95 bits per heavy atom. The van der Waals surface area contributed by atoms with Crippen LogP contribution in [-0.2, 0) is 23.9 Å². The van der Waals surface area contributed by atoms with Gasteiger partial charge in [0.1, 0.15) is 4.88 Å². The van der Waals surface area contributed by atoms with Gasteiger partial charge in [-0.3, -0.25) is 14.4 Å². The predicted octanol–water partition coefficient (Wildman–Crippen LogP) is 5.91. The van der Waals surface area contributed by atoms with Crippen LogP contribution in [0.15, 0.2) is 41.3 Å². The quantitative estimate of drug-likeness (QED) is 0.319. The second kappa shape index (κ2) is 9.31. The van der Waals surface area contributed by atoms with E-state index in [1.165, 1.54) is 18.3 Å². The maximum Gasteiger partial charge on any atom is 0.349 e. The minimum absolute atomic E-state index is 0.0481. The third kappa shape index (κ3) is 3.64. The summed E-state index contributed by atoms with van der Waals surface area (Å²) < 4.78 is 11.4. The first-order valence-electron chi connectivity index (χ1n) is 13.0. The number of fused-ring (bicyclic) bond motifs is 5. The van der Waals surface area contributed by atoms with Crippen molar-refractivity contribution >= 4 is 58.0 Å². The molecule has 204 valence electrons. The zero-order valence-electron chi connectivity index (χ0n) is 21.9. The molecule has 5 rings (SSSR count). The summed E-state index contributed by atoms with van der Waals surface area (Å²) in [6.07, 6.45) is 7.47. The van der Waals surface area contributed by atoms with Gasteiger partial charge < -0.3 is 9.47 Å². The van der Waals surface area contributed by atoms with Gasteiger partial charge in [-0.25, -0.2) is 4.79 Å². The number of alkyl halides is 2. The van der Waals surface area contributed by atoms with E-state index < -0.39 is 51.0 Å². The average molecular weight is 580 g/mol. The molecule has 0 bridgehead atoms. The van der Waals surface area contributed by atoms with Gasteiger partial charge in [-0.15, -0.1) is 34.5 Å². The van der Waals surface area contributed by atoms with Crippen LogP contribution in [0.5, 0.6) is 0 Å². The van der Waals surface area contributed by atoms with Gasteiger partial charge in [0.2, 0.25) is 5.78 Å². The first kappa shape index (κ1) is 27.6. The van der Waals surface area contributed by atoms with Crippen LogP contribution in [0.3, 0.4) is 0 Å². The largest absolute Gasteiger partial charge is 0.458 e. The van der Waals surface area contributed by atoms with Crippen molar-refractivity contribution in [2.45, 2.75) is 69.2 Å². The molecule has 4 aliphatic carbocycles. The summed E-state index contributed by atoms with van der Waals surface area (Å²) in [7, 11) is 0. The third-order valence-corrected chi connectivity index (χ3v) is 12.3. The summed E-state index contributed by atoms with van der Waals surface area (Å²) in [5.74, 6) is -2.19. The average Bonchev–Trinajstić information content (AvgIpc) is 3.46. The van der Waals surface area contributed by atoms with E-state index in [1.807, 2.05) is 26.8 Å². The molecule has 1 aromatic heterocycles. The molecule has 9 heteroatoms. The minimum atomic E-state index is -1.55. The number of halogens is 2. The lowest BCUT2D eigenvalue weighted by Crippen LogP contribution is -2.68. The third-order valence-electron chi connectivity index (χ3n) is 9.93. The Hall–Kier alpha value is -1.96. The molecule has 0 N–H and O–H groups in total. The highest BCUT2D eigenvalue weighted by Gasteiger charge is 2.76. The van der Waals surface area contributed by atoms with E-state index in [4.69, 9.17) is 32.7 Å². The standard InChI is InChI=1S/C29H32Cl2O6S/c1-16-12-21-20-8-7-18-13-19(33)9-10-26(18,3)28(20,31)23(30)14-27(21,4)29(16,24(34)15-36-17(2)32)37-25(35)22-6-5-11-38-22/h5-6,9-11,13,16,20-21,23H,7-8,12,14-15H2,1-4H3/t16?,20?,21?,23?,26?,27?,28-,29-/m0/s1. The van der Waals surface area contributed by atoms with E-state index in [2.05, 4.69) is 0 Å². The molecule has 3 fully saturated rings. The van der Waals surface area contributed by atoms with Crippen molar-refractivity contribution < 1.29 is 28.7 Å². The first-order chi connectivity index (χ1) is 17.8. The molecule has 4 aliphatic rings. The Morgan fingerprint density at radius 1 is 1.21 bits per heavy atom. The van der Waals surface area contributed by atoms with Crippen LogP contribution in [0.2, 0.25) is 0 Å². The number of hydrogen-bond acceptors (Lipinski definition) is 7. The van der Waals surface area contributed by atoms with Gasteiger partial charge in [0.15, 0.2) is 18.0 Å². The summed E-state index contributed by atoms with van der Waals surface area (Å²) in [4.78, 5) is 50.8. The van der Waals surface area contributed by atoms with E-state index in [0.29, 0.717) is 30.6 Å². The summed E-state index contributed by atoms with van der Waals surface area (Å²) in [5, 5.41) is 1.19. The highest BCUT2D eigenvalue weighted by molar-refractivity contribution is 7.12. The van der Waals surface area contributed by atoms with Crippen molar-refractivity contribution in [3.8, 4) is 0 Å². The number of hydrogen-bond donors (Lipinski definition) is 0. The van der Waals surface area contributed by atoms with Crippen LogP contribution in [-0.4, -0.2) is 46.0 Å². The molecule has 0 radical (unpaired) electrons. The molecule has 1 heterocycles. The van der Waals surface area contributed by atoms with E-state index in [-0.39, 0.29) is 23.5 Å².